The molecule has 0 radical (unpaired) electrons. The van der Waals surface area contributed by atoms with Gasteiger partial charge in [-0.2, -0.15) is 0 Å². The summed E-state index contributed by atoms with van der Waals surface area (Å²) in [5.41, 5.74) is 8.57. The molecule has 1 unspecified atom stereocenters. The van der Waals surface area contributed by atoms with Gasteiger partial charge in [0, 0.05) is 6.54 Å². The van der Waals surface area contributed by atoms with Crippen LogP contribution in [0, 0.1) is 5.82 Å². The van der Waals surface area contributed by atoms with Crippen molar-refractivity contribution in [3.05, 3.63) is 53.8 Å². The van der Waals surface area contributed by atoms with Crippen LogP contribution in [0.4, 0.5) is 15.8 Å². The van der Waals surface area contributed by atoms with Crippen molar-refractivity contribution in [3.63, 3.8) is 0 Å². The Hall–Kier alpha value is -2.23. The Labute approximate surface area is 117 Å². The van der Waals surface area contributed by atoms with E-state index in [1.165, 1.54) is 6.07 Å². The number of benzene rings is 2. The third-order valence-electron chi connectivity index (χ3n) is 3.41. The van der Waals surface area contributed by atoms with Gasteiger partial charge in [0.05, 0.1) is 12.2 Å². The molecule has 3 nitrogen and oxygen atoms in total. The topological polar surface area (TPSA) is 38.5 Å². The fraction of sp³-hybridized carbons (Fsp3) is 0.250. The highest BCUT2D eigenvalue weighted by molar-refractivity contribution is 5.75. The number of para-hydroxylation sites is 1. The lowest BCUT2D eigenvalue weighted by Gasteiger charge is -2.35. The van der Waals surface area contributed by atoms with Crippen molar-refractivity contribution in [3.8, 4) is 5.75 Å². The molecule has 2 aromatic rings. The normalized spacial score (nSPS) is 17.5. The molecule has 2 aromatic carbocycles. The maximum Gasteiger partial charge on any atom is 0.145 e. The van der Waals surface area contributed by atoms with Crippen LogP contribution in [0.3, 0.4) is 0 Å². The molecule has 0 saturated heterocycles. The van der Waals surface area contributed by atoms with Crippen LogP contribution < -0.4 is 15.4 Å². The van der Waals surface area contributed by atoms with Crippen molar-refractivity contribution in [2.75, 3.05) is 17.2 Å². The van der Waals surface area contributed by atoms with Gasteiger partial charge in [-0.25, -0.2) is 4.39 Å². The lowest BCUT2D eigenvalue weighted by molar-refractivity contribution is 0.212. The van der Waals surface area contributed by atoms with Crippen molar-refractivity contribution >= 4 is 11.4 Å². The Kier molecular flexibility index (Phi) is 3.22. The van der Waals surface area contributed by atoms with Crippen LogP contribution in [0.25, 0.3) is 0 Å². The summed E-state index contributed by atoms with van der Waals surface area (Å²) in [6.45, 7) is 3.37. The van der Waals surface area contributed by atoms with Gasteiger partial charge in [-0.1, -0.05) is 18.2 Å². The minimum absolute atomic E-state index is 0.0814. The number of hydrogen-bond acceptors (Lipinski definition) is 3. The van der Waals surface area contributed by atoms with Gasteiger partial charge < -0.3 is 15.4 Å². The van der Waals surface area contributed by atoms with Crippen LogP contribution in [-0.2, 0) is 6.54 Å². The van der Waals surface area contributed by atoms with Crippen LogP contribution in [0.2, 0.25) is 0 Å². The molecule has 0 aliphatic carbocycles. The number of nitrogens with zero attached hydrogens (tertiary/aromatic N) is 1. The molecule has 1 aliphatic heterocycles. The highest BCUT2D eigenvalue weighted by Crippen LogP contribution is 2.38. The molecule has 1 aliphatic rings. The van der Waals surface area contributed by atoms with Crippen molar-refractivity contribution in [1.82, 2.24) is 0 Å². The fourth-order valence-electron chi connectivity index (χ4n) is 2.63. The number of nitrogen functional groups attached to an aromatic ring is 1. The number of hydrogen-bond donors (Lipinski definition) is 1. The minimum atomic E-state index is -0.218. The first-order chi connectivity index (χ1) is 9.63. The maximum absolute atomic E-state index is 13.3. The predicted molar refractivity (Wildman–Crippen MR) is 78.4 cm³/mol. The molecular formula is C16H17FN2O. The molecule has 104 valence electrons. The van der Waals surface area contributed by atoms with Gasteiger partial charge in [0.2, 0.25) is 0 Å². The van der Waals surface area contributed by atoms with Gasteiger partial charge in [0.1, 0.15) is 23.4 Å². The van der Waals surface area contributed by atoms with E-state index in [2.05, 4.69) is 4.90 Å². The van der Waals surface area contributed by atoms with Gasteiger partial charge >= 0.3 is 0 Å². The van der Waals surface area contributed by atoms with E-state index in [0.29, 0.717) is 12.2 Å². The van der Waals surface area contributed by atoms with E-state index < -0.39 is 0 Å². The van der Waals surface area contributed by atoms with E-state index in [-0.39, 0.29) is 11.9 Å². The zero-order valence-corrected chi connectivity index (χ0v) is 11.3. The first kappa shape index (κ1) is 12.8. The number of fused-ring (bicyclic) bond motifs is 1. The van der Waals surface area contributed by atoms with Crippen LogP contribution >= 0.6 is 0 Å². The first-order valence-corrected chi connectivity index (χ1v) is 6.68. The Balaban J connectivity index is 1.94. The molecule has 3 rings (SSSR count). The Morgan fingerprint density at radius 3 is 2.90 bits per heavy atom. The van der Waals surface area contributed by atoms with Gasteiger partial charge in [0.25, 0.3) is 0 Å². The predicted octanol–water partition coefficient (Wildman–Crippen LogP) is 3.20. The molecule has 2 N–H and O–H groups in total. The van der Waals surface area contributed by atoms with Crippen molar-refractivity contribution in [2.45, 2.75) is 19.6 Å². The second-order valence-electron chi connectivity index (χ2n) is 5.13. The third-order valence-corrected chi connectivity index (χ3v) is 3.41. The molecule has 0 amide bonds. The number of rotatable bonds is 2. The van der Waals surface area contributed by atoms with E-state index in [0.717, 1.165) is 23.5 Å². The quantitative estimate of drug-likeness (QED) is 0.853. The maximum atomic E-state index is 13.3. The summed E-state index contributed by atoms with van der Waals surface area (Å²) >= 11 is 0. The lowest BCUT2D eigenvalue weighted by atomic mass is 10.1. The highest BCUT2D eigenvalue weighted by Gasteiger charge is 2.24. The number of nitrogens with two attached hydrogens (primary N) is 1. The van der Waals surface area contributed by atoms with E-state index >= 15 is 0 Å². The number of ether oxygens (including phenoxy) is 1. The van der Waals surface area contributed by atoms with E-state index in [1.54, 1.807) is 12.1 Å². The molecule has 0 fully saturated rings. The molecule has 1 heterocycles. The van der Waals surface area contributed by atoms with E-state index in [1.807, 2.05) is 31.2 Å². The molecule has 0 saturated carbocycles. The van der Waals surface area contributed by atoms with E-state index in [4.69, 9.17) is 10.5 Å². The van der Waals surface area contributed by atoms with Crippen molar-refractivity contribution in [2.24, 2.45) is 0 Å². The minimum Gasteiger partial charge on any atom is -0.487 e. The average molecular weight is 272 g/mol. The van der Waals surface area contributed by atoms with Crippen LogP contribution in [0.5, 0.6) is 5.75 Å². The average Bonchev–Trinajstić information content (AvgIpc) is 2.38. The van der Waals surface area contributed by atoms with Crippen molar-refractivity contribution < 1.29 is 9.13 Å². The molecule has 4 heteroatoms. The molecule has 0 aromatic heterocycles. The van der Waals surface area contributed by atoms with Crippen LogP contribution in [-0.4, -0.2) is 12.6 Å². The monoisotopic (exact) mass is 272 g/mol. The van der Waals surface area contributed by atoms with Gasteiger partial charge in [-0.05, 0) is 36.8 Å². The zero-order valence-electron chi connectivity index (χ0n) is 11.3. The largest absolute Gasteiger partial charge is 0.487 e. The Morgan fingerprint density at radius 2 is 2.10 bits per heavy atom. The van der Waals surface area contributed by atoms with E-state index in [9.17, 15) is 4.39 Å². The highest BCUT2D eigenvalue weighted by atomic mass is 19.1. The standard InChI is InChI=1S/C16H17FN2O/c1-11-9-19(10-12-4-2-5-13(17)8-12)16-14(18)6-3-7-15(16)20-11/h2-8,11H,9-10,18H2,1H3. The summed E-state index contributed by atoms with van der Waals surface area (Å²) in [6, 6.07) is 12.3. The second-order valence-corrected chi connectivity index (χ2v) is 5.13. The number of halogens is 1. The fourth-order valence-corrected chi connectivity index (χ4v) is 2.63. The van der Waals surface area contributed by atoms with Crippen molar-refractivity contribution in [1.29, 1.82) is 0 Å². The summed E-state index contributed by atoms with van der Waals surface area (Å²) in [4.78, 5) is 2.15. The second kappa shape index (κ2) is 5.04. The summed E-state index contributed by atoms with van der Waals surface area (Å²) in [5.74, 6) is 0.574. The molecule has 20 heavy (non-hydrogen) atoms. The third kappa shape index (κ3) is 2.41. The number of anilines is 2. The van der Waals surface area contributed by atoms with Gasteiger partial charge in [-0.3, -0.25) is 0 Å². The lowest BCUT2D eigenvalue weighted by Crippen LogP contribution is -2.38. The molecule has 1 atom stereocenters. The molecule has 0 bridgehead atoms. The molecular weight excluding hydrogens is 255 g/mol. The zero-order chi connectivity index (χ0) is 14.1. The SMILES string of the molecule is CC1CN(Cc2cccc(F)c2)c2c(N)cccc2O1. The summed E-state index contributed by atoms with van der Waals surface area (Å²) in [5, 5.41) is 0. The first-order valence-electron chi connectivity index (χ1n) is 6.68. The summed E-state index contributed by atoms with van der Waals surface area (Å²) < 4.78 is 19.1. The van der Waals surface area contributed by atoms with Gasteiger partial charge in [0.15, 0.2) is 0 Å². The van der Waals surface area contributed by atoms with Gasteiger partial charge in [-0.15, -0.1) is 0 Å². The Bertz CT molecular complexity index is 630. The molecule has 0 spiro atoms. The summed E-state index contributed by atoms with van der Waals surface area (Å²) in [7, 11) is 0. The van der Waals surface area contributed by atoms with Crippen LogP contribution in [0.15, 0.2) is 42.5 Å². The smallest absolute Gasteiger partial charge is 0.145 e. The Morgan fingerprint density at radius 1 is 1.30 bits per heavy atom. The van der Waals surface area contributed by atoms with Crippen LogP contribution in [0.1, 0.15) is 12.5 Å². The summed E-state index contributed by atoms with van der Waals surface area (Å²) in [6.07, 6.45) is 0.0814.